The minimum atomic E-state index is 0.504. The molecule has 5 heteroatoms. The minimum Gasteiger partial charge on any atom is -0.325 e. The third-order valence-electron chi connectivity index (χ3n) is 4.90. The molecule has 0 radical (unpaired) electrons. The van der Waals surface area contributed by atoms with Crippen molar-refractivity contribution in [1.82, 2.24) is 19.1 Å². The third kappa shape index (κ3) is 2.81. The lowest BCUT2D eigenvalue weighted by Gasteiger charge is -2.09. The Morgan fingerprint density at radius 2 is 1.73 bits per heavy atom. The summed E-state index contributed by atoms with van der Waals surface area (Å²) in [4.78, 5) is 8.90. The molecule has 0 saturated carbocycles. The van der Waals surface area contributed by atoms with E-state index in [2.05, 4.69) is 41.6 Å². The number of aromatic nitrogens is 4. The molecule has 26 heavy (non-hydrogen) atoms. The average molecular weight is 343 g/mol. The predicted molar refractivity (Wildman–Crippen MR) is 102 cm³/mol. The fourth-order valence-electron chi connectivity index (χ4n) is 3.36. The second-order valence-electron chi connectivity index (χ2n) is 6.56. The highest BCUT2D eigenvalue weighted by molar-refractivity contribution is 5.80. The summed E-state index contributed by atoms with van der Waals surface area (Å²) in [5.74, 6) is 0. The van der Waals surface area contributed by atoms with Gasteiger partial charge in [-0.05, 0) is 36.6 Å². The summed E-state index contributed by atoms with van der Waals surface area (Å²) < 4.78 is 4.07. The van der Waals surface area contributed by atoms with Gasteiger partial charge in [0.2, 0.25) is 0 Å². The second-order valence-corrected chi connectivity index (χ2v) is 6.56. The molecule has 1 N–H and O–H groups in total. The van der Waals surface area contributed by atoms with E-state index in [1.807, 2.05) is 35.0 Å². The number of fused-ring (bicyclic) bond motifs is 1. The zero-order valence-corrected chi connectivity index (χ0v) is 15.0. The Hall–Kier alpha value is -3.21. The molecule has 130 valence electrons. The van der Waals surface area contributed by atoms with Crippen molar-refractivity contribution in [3.05, 3.63) is 89.1 Å². The fourth-order valence-corrected chi connectivity index (χ4v) is 3.36. The van der Waals surface area contributed by atoms with Gasteiger partial charge in [0, 0.05) is 18.1 Å². The Kier molecular flexibility index (Phi) is 4.13. The SMILES string of the molecule is Cc1c(C)n(Cc2cccnc2)c2ncn(Cc3ccccc3)c(=N)c12. The average Bonchev–Trinajstić information content (AvgIpc) is 2.91. The van der Waals surface area contributed by atoms with Crippen LogP contribution in [0.15, 0.2) is 61.2 Å². The van der Waals surface area contributed by atoms with E-state index in [1.165, 1.54) is 0 Å². The van der Waals surface area contributed by atoms with Gasteiger partial charge in [-0.15, -0.1) is 0 Å². The van der Waals surface area contributed by atoms with Crippen LogP contribution >= 0.6 is 0 Å². The van der Waals surface area contributed by atoms with E-state index < -0.39 is 0 Å². The summed E-state index contributed by atoms with van der Waals surface area (Å²) in [5, 5.41) is 9.64. The van der Waals surface area contributed by atoms with E-state index in [0.717, 1.165) is 33.4 Å². The Morgan fingerprint density at radius 1 is 0.962 bits per heavy atom. The van der Waals surface area contributed by atoms with Crippen LogP contribution in [-0.2, 0) is 13.1 Å². The summed E-state index contributed by atoms with van der Waals surface area (Å²) >= 11 is 0. The van der Waals surface area contributed by atoms with Crippen LogP contribution < -0.4 is 5.49 Å². The van der Waals surface area contributed by atoms with Crippen LogP contribution in [0.2, 0.25) is 0 Å². The maximum atomic E-state index is 8.72. The van der Waals surface area contributed by atoms with Crippen LogP contribution in [0.25, 0.3) is 11.0 Å². The summed E-state index contributed by atoms with van der Waals surface area (Å²) in [6.45, 7) is 5.52. The van der Waals surface area contributed by atoms with Crippen molar-refractivity contribution in [2.24, 2.45) is 0 Å². The molecule has 0 spiro atoms. The quantitative estimate of drug-likeness (QED) is 0.617. The highest BCUT2D eigenvalue weighted by Gasteiger charge is 2.15. The summed E-state index contributed by atoms with van der Waals surface area (Å²) in [6, 6.07) is 14.2. The smallest absolute Gasteiger partial charge is 0.146 e. The van der Waals surface area contributed by atoms with Gasteiger partial charge in [0.15, 0.2) is 0 Å². The van der Waals surface area contributed by atoms with Crippen molar-refractivity contribution in [2.75, 3.05) is 0 Å². The molecule has 0 bridgehead atoms. The predicted octanol–water partition coefficient (Wildman–Crippen LogP) is 3.43. The highest BCUT2D eigenvalue weighted by atomic mass is 15.1. The van der Waals surface area contributed by atoms with Gasteiger partial charge >= 0.3 is 0 Å². The highest BCUT2D eigenvalue weighted by Crippen LogP contribution is 2.21. The van der Waals surface area contributed by atoms with E-state index in [0.29, 0.717) is 18.6 Å². The molecule has 3 heterocycles. The number of pyridine rings is 1. The lowest BCUT2D eigenvalue weighted by molar-refractivity contribution is 0.715. The van der Waals surface area contributed by atoms with Gasteiger partial charge in [-0.1, -0.05) is 36.4 Å². The van der Waals surface area contributed by atoms with E-state index in [-0.39, 0.29) is 0 Å². The number of benzene rings is 1. The second kappa shape index (κ2) is 6.59. The van der Waals surface area contributed by atoms with Gasteiger partial charge in [-0.2, -0.15) is 0 Å². The minimum absolute atomic E-state index is 0.504. The van der Waals surface area contributed by atoms with E-state index in [1.54, 1.807) is 12.5 Å². The maximum Gasteiger partial charge on any atom is 0.146 e. The number of hydrogen-bond acceptors (Lipinski definition) is 3. The molecule has 4 rings (SSSR count). The van der Waals surface area contributed by atoms with Gasteiger partial charge in [-0.3, -0.25) is 10.4 Å². The largest absolute Gasteiger partial charge is 0.325 e. The number of hydrogen-bond donors (Lipinski definition) is 1. The van der Waals surface area contributed by atoms with Crippen LogP contribution in [0.4, 0.5) is 0 Å². The maximum absolute atomic E-state index is 8.72. The van der Waals surface area contributed by atoms with Gasteiger partial charge in [0.05, 0.1) is 24.8 Å². The molecule has 0 atom stereocenters. The molecule has 0 amide bonds. The van der Waals surface area contributed by atoms with Crippen molar-refractivity contribution in [3.8, 4) is 0 Å². The summed E-state index contributed by atoms with van der Waals surface area (Å²) in [6.07, 6.45) is 5.43. The van der Waals surface area contributed by atoms with Crippen molar-refractivity contribution in [3.63, 3.8) is 0 Å². The standard InChI is InChI=1S/C21H21N5/c1-15-16(2)26(13-18-9-6-10-23-11-18)21-19(15)20(22)25(14-24-21)12-17-7-4-3-5-8-17/h3-11,14,22H,12-13H2,1-2H3. The van der Waals surface area contributed by atoms with Crippen LogP contribution in [0, 0.1) is 19.3 Å². The van der Waals surface area contributed by atoms with Crippen LogP contribution in [0.5, 0.6) is 0 Å². The van der Waals surface area contributed by atoms with E-state index in [4.69, 9.17) is 10.4 Å². The molecule has 0 aliphatic heterocycles. The Morgan fingerprint density at radius 3 is 2.46 bits per heavy atom. The summed E-state index contributed by atoms with van der Waals surface area (Å²) in [7, 11) is 0. The molecular weight excluding hydrogens is 322 g/mol. The number of aryl methyl sites for hydroxylation is 1. The van der Waals surface area contributed by atoms with Crippen molar-refractivity contribution in [2.45, 2.75) is 26.9 Å². The first-order valence-electron chi connectivity index (χ1n) is 8.67. The van der Waals surface area contributed by atoms with Crippen molar-refractivity contribution in [1.29, 1.82) is 5.41 Å². The molecule has 1 aromatic carbocycles. The lowest BCUT2D eigenvalue weighted by Crippen LogP contribution is -2.21. The number of nitrogens with zero attached hydrogens (tertiary/aromatic N) is 4. The first kappa shape index (κ1) is 16.3. The van der Waals surface area contributed by atoms with Crippen molar-refractivity contribution >= 4 is 11.0 Å². The molecule has 5 nitrogen and oxygen atoms in total. The number of nitrogens with one attached hydrogen (secondary N) is 1. The normalized spacial score (nSPS) is 11.2. The topological polar surface area (TPSA) is 59.5 Å². The zero-order chi connectivity index (χ0) is 18.1. The Labute approximate surface area is 152 Å². The molecule has 0 aliphatic carbocycles. The Bertz CT molecular complexity index is 1110. The van der Waals surface area contributed by atoms with Crippen molar-refractivity contribution < 1.29 is 0 Å². The van der Waals surface area contributed by atoms with E-state index >= 15 is 0 Å². The van der Waals surface area contributed by atoms with Crippen LogP contribution in [0.3, 0.4) is 0 Å². The van der Waals surface area contributed by atoms with Crippen LogP contribution in [0.1, 0.15) is 22.4 Å². The summed E-state index contributed by atoms with van der Waals surface area (Å²) in [5.41, 5.74) is 5.91. The Balaban J connectivity index is 1.81. The van der Waals surface area contributed by atoms with Gasteiger partial charge in [0.1, 0.15) is 11.1 Å². The van der Waals surface area contributed by atoms with Gasteiger partial charge in [0.25, 0.3) is 0 Å². The lowest BCUT2D eigenvalue weighted by atomic mass is 10.2. The monoisotopic (exact) mass is 343 g/mol. The molecule has 3 aromatic heterocycles. The third-order valence-corrected chi connectivity index (χ3v) is 4.90. The molecule has 0 aliphatic rings. The molecule has 0 unspecified atom stereocenters. The molecule has 0 fully saturated rings. The van der Waals surface area contributed by atoms with Crippen LogP contribution in [-0.4, -0.2) is 19.1 Å². The first-order chi connectivity index (χ1) is 12.6. The molecule has 4 aromatic rings. The van der Waals surface area contributed by atoms with E-state index in [9.17, 15) is 0 Å². The fraction of sp³-hybridized carbons (Fsp3) is 0.190. The van der Waals surface area contributed by atoms with Gasteiger partial charge in [-0.25, -0.2) is 4.98 Å². The molecule has 0 saturated heterocycles. The first-order valence-corrected chi connectivity index (χ1v) is 8.67. The zero-order valence-electron chi connectivity index (χ0n) is 15.0. The van der Waals surface area contributed by atoms with Gasteiger partial charge < -0.3 is 9.13 Å². The molecular formula is C21H21N5. The number of rotatable bonds is 4.